The number of thiazole rings is 1. The Morgan fingerprint density at radius 2 is 2.29 bits per heavy atom. The molecule has 1 saturated heterocycles. The minimum atomic E-state index is -0.743. The normalized spacial score (nSPS) is 17.8. The number of nitrogens with zero attached hydrogens (tertiary/aromatic N) is 3. The molecule has 1 fully saturated rings. The van der Waals surface area contributed by atoms with Crippen molar-refractivity contribution in [3.05, 3.63) is 16.6 Å². The van der Waals surface area contributed by atoms with Gasteiger partial charge < -0.3 is 27.0 Å². The van der Waals surface area contributed by atoms with E-state index in [9.17, 15) is 14.4 Å². The van der Waals surface area contributed by atoms with Crippen LogP contribution in [0.3, 0.4) is 0 Å². The van der Waals surface area contributed by atoms with Crippen molar-refractivity contribution < 1.29 is 14.4 Å². The molecule has 1 aliphatic rings. The van der Waals surface area contributed by atoms with E-state index in [1.165, 1.54) is 16.2 Å². The first-order chi connectivity index (χ1) is 13.4. The highest BCUT2D eigenvalue weighted by Gasteiger charge is 2.30. The number of nitrogens with two attached hydrogens (primary N) is 2. The Bertz CT molecular complexity index is 704. The minimum absolute atomic E-state index is 0.0189. The zero-order chi connectivity index (χ0) is 20.5. The summed E-state index contributed by atoms with van der Waals surface area (Å²) in [7, 11) is 0. The van der Waals surface area contributed by atoms with Gasteiger partial charge in [-0.3, -0.25) is 19.4 Å². The number of hydrogen-bond acceptors (Lipinski definition) is 7. The summed E-state index contributed by atoms with van der Waals surface area (Å²) in [6, 6.07) is -1.01. The van der Waals surface area contributed by atoms with E-state index in [1.807, 2.05) is 6.92 Å². The molecule has 2 atom stereocenters. The lowest BCUT2D eigenvalue weighted by Crippen LogP contribution is -2.57. The van der Waals surface area contributed by atoms with Crippen LogP contribution in [-0.4, -0.2) is 71.7 Å². The molecular weight excluding hydrogens is 382 g/mol. The van der Waals surface area contributed by atoms with Crippen LogP contribution in [0.4, 0.5) is 0 Å². The van der Waals surface area contributed by atoms with E-state index in [0.29, 0.717) is 43.9 Å². The van der Waals surface area contributed by atoms with E-state index < -0.39 is 6.04 Å². The predicted octanol–water partition coefficient (Wildman–Crippen LogP) is -0.925. The van der Waals surface area contributed by atoms with E-state index in [4.69, 9.17) is 11.5 Å². The maximum Gasteiger partial charge on any atom is 0.240 e. The Balaban J connectivity index is 1.97. The van der Waals surface area contributed by atoms with Gasteiger partial charge in [0.1, 0.15) is 0 Å². The quantitative estimate of drug-likeness (QED) is 0.168. The molecule has 0 spiro atoms. The molecule has 1 aliphatic heterocycles. The van der Waals surface area contributed by atoms with Gasteiger partial charge in [-0.25, -0.2) is 4.98 Å². The zero-order valence-corrected chi connectivity index (χ0v) is 16.7. The highest BCUT2D eigenvalue weighted by Crippen LogP contribution is 2.12. The fourth-order valence-corrected chi connectivity index (χ4v) is 3.58. The molecule has 1 aromatic rings. The molecule has 6 N–H and O–H groups in total. The van der Waals surface area contributed by atoms with Crippen LogP contribution in [-0.2, 0) is 9.59 Å². The molecule has 0 radical (unpaired) electrons. The molecule has 2 rings (SSSR count). The molecule has 154 valence electrons. The summed E-state index contributed by atoms with van der Waals surface area (Å²) in [4.78, 5) is 47.0. The van der Waals surface area contributed by atoms with Crippen LogP contribution >= 0.6 is 11.3 Å². The third-order valence-electron chi connectivity index (χ3n) is 4.37. The fourth-order valence-electron chi connectivity index (χ4n) is 2.95. The van der Waals surface area contributed by atoms with Gasteiger partial charge in [-0.2, -0.15) is 0 Å². The molecule has 2 amide bonds. The lowest BCUT2D eigenvalue weighted by Gasteiger charge is -2.32. The Labute approximate surface area is 167 Å². The van der Waals surface area contributed by atoms with Gasteiger partial charge in [-0.1, -0.05) is 6.92 Å². The number of carbonyl (C=O) groups is 3. The van der Waals surface area contributed by atoms with Crippen LogP contribution in [0, 0.1) is 0 Å². The monoisotopic (exact) mass is 409 g/mol. The second-order valence-corrected chi connectivity index (χ2v) is 7.34. The number of piperazine rings is 1. The number of rotatable bonds is 10. The summed E-state index contributed by atoms with van der Waals surface area (Å²) in [5.74, 6) is -0.748. The van der Waals surface area contributed by atoms with E-state index in [-0.39, 0.29) is 36.1 Å². The van der Waals surface area contributed by atoms with E-state index >= 15 is 0 Å². The number of guanidine groups is 1. The number of aliphatic imine (C=N–C) groups is 1. The number of ketones is 1. The van der Waals surface area contributed by atoms with Crippen LogP contribution < -0.4 is 22.1 Å². The predicted molar refractivity (Wildman–Crippen MR) is 107 cm³/mol. The first-order valence-corrected chi connectivity index (χ1v) is 10.1. The van der Waals surface area contributed by atoms with Crippen LogP contribution in [0.25, 0.3) is 0 Å². The van der Waals surface area contributed by atoms with Gasteiger partial charge in [-0.05, 0) is 19.3 Å². The Morgan fingerprint density at radius 1 is 1.50 bits per heavy atom. The number of Topliss-reactive ketones (excluding diaryl/α,β-unsaturated/α-hetero) is 1. The molecule has 1 unspecified atom stereocenters. The van der Waals surface area contributed by atoms with Crippen LogP contribution in [0.2, 0.25) is 0 Å². The first-order valence-electron chi connectivity index (χ1n) is 9.23. The fraction of sp³-hybridized carbons (Fsp3) is 0.588. The average molecular weight is 410 g/mol. The molecule has 10 nitrogen and oxygen atoms in total. The van der Waals surface area contributed by atoms with Crippen molar-refractivity contribution in [2.24, 2.45) is 16.5 Å². The van der Waals surface area contributed by atoms with Gasteiger partial charge >= 0.3 is 0 Å². The molecule has 28 heavy (non-hydrogen) atoms. The first kappa shape index (κ1) is 21.8. The minimum Gasteiger partial charge on any atom is -0.370 e. The Morgan fingerprint density at radius 3 is 2.93 bits per heavy atom. The number of amides is 2. The van der Waals surface area contributed by atoms with Crippen LogP contribution in [0.5, 0.6) is 0 Å². The van der Waals surface area contributed by atoms with Gasteiger partial charge in [0.2, 0.25) is 17.6 Å². The largest absolute Gasteiger partial charge is 0.370 e. The molecule has 11 heteroatoms. The maximum atomic E-state index is 12.7. The van der Waals surface area contributed by atoms with Crippen molar-refractivity contribution >= 4 is 34.9 Å². The number of carbonyl (C=O) groups excluding carboxylic acids is 3. The maximum absolute atomic E-state index is 12.7. The van der Waals surface area contributed by atoms with E-state index in [1.54, 1.807) is 11.6 Å². The van der Waals surface area contributed by atoms with Crippen LogP contribution in [0.15, 0.2) is 16.6 Å². The van der Waals surface area contributed by atoms with Crippen molar-refractivity contribution in [1.82, 2.24) is 20.5 Å². The second-order valence-electron chi connectivity index (χ2n) is 6.45. The third-order valence-corrected chi connectivity index (χ3v) is 5.15. The van der Waals surface area contributed by atoms with E-state index in [0.717, 1.165) is 0 Å². The molecule has 0 bridgehead atoms. The standard InChI is InChI=1S/C17H27N7O3S/c1-2-11-16(27)24(8-6-20-11)10-13(25)23-12(4-3-5-22-17(18)19)14(26)15-21-7-9-28-15/h7,9,11-12,20H,2-6,8,10H2,1H3,(H,23,25)(H4,18,19,22)/t11?,12-/m0/s1. The molecular formula is C17H27N7O3S. The van der Waals surface area contributed by atoms with E-state index in [2.05, 4.69) is 20.6 Å². The summed E-state index contributed by atoms with van der Waals surface area (Å²) in [6.07, 6.45) is 3.09. The summed E-state index contributed by atoms with van der Waals surface area (Å²) in [6.45, 7) is 3.29. The van der Waals surface area contributed by atoms with Gasteiger partial charge in [0.25, 0.3) is 0 Å². The molecule has 0 aromatic carbocycles. The molecule has 0 aliphatic carbocycles. The van der Waals surface area contributed by atoms with Crippen molar-refractivity contribution in [3.63, 3.8) is 0 Å². The summed E-state index contributed by atoms with van der Waals surface area (Å²) in [5.41, 5.74) is 10.6. The lowest BCUT2D eigenvalue weighted by molar-refractivity contribution is -0.139. The smallest absolute Gasteiger partial charge is 0.240 e. The highest BCUT2D eigenvalue weighted by atomic mass is 32.1. The number of aromatic nitrogens is 1. The van der Waals surface area contributed by atoms with Gasteiger partial charge in [0.15, 0.2) is 11.0 Å². The molecule has 0 saturated carbocycles. The second kappa shape index (κ2) is 10.7. The SMILES string of the molecule is CCC1NCCN(CC(=O)N[C@@H](CCCN=C(N)N)C(=O)c2nccs2)C1=O. The van der Waals surface area contributed by atoms with Crippen molar-refractivity contribution in [1.29, 1.82) is 0 Å². The Hall–Kier alpha value is -2.53. The average Bonchev–Trinajstić information content (AvgIpc) is 3.20. The number of nitrogens with one attached hydrogen (secondary N) is 2. The Kier molecular flexibility index (Phi) is 8.33. The van der Waals surface area contributed by atoms with Crippen molar-refractivity contribution in [3.8, 4) is 0 Å². The topological polar surface area (TPSA) is 156 Å². The highest BCUT2D eigenvalue weighted by molar-refractivity contribution is 7.11. The van der Waals surface area contributed by atoms with Crippen molar-refractivity contribution in [2.75, 3.05) is 26.2 Å². The number of hydrogen-bond donors (Lipinski definition) is 4. The summed E-state index contributed by atoms with van der Waals surface area (Å²) >= 11 is 1.22. The van der Waals surface area contributed by atoms with Gasteiger partial charge in [0.05, 0.1) is 18.6 Å². The molecule has 1 aromatic heterocycles. The molecule has 2 heterocycles. The van der Waals surface area contributed by atoms with Crippen LogP contribution in [0.1, 0.15) is 36.0 Å². The van der Waals surface area contributed by atoms with Gasteiger partial charge in [-0.15, -0.1) is 11.3 Å². The third kappa shape index (κ3) is 6.27. The van der Waals surface area contributed by atoms with Gasteiger partial charge in [0, 0.05) is 31.2 Å². The van der Waals surface area contributed by atoms with Crippen molar-refractivity contribution in [2.45, 2.75) is 38.3 Å². The lowest BCUT2D eigenvalue weighted by atomic mass is 10.1. The zero-order valence-electron chi connectivity index (χ0n) is 15.9. The summed E-state index contributed by atoms with van der Waals surface area (Å²) in [5, 5.41) is 7.91. The summed E-state index contributed by atoms with van der Waals surface area (Å²) < 4.78 is 0.